The van der Waals surface area contributed by atoms with Gasteiger partial charge in [0.05, 0.1) is 6.54 Å². The van der Waals surface area contributed by atoms with E-state index in [1.807, 2.05) is 67.6 Å². The fourth-order valence-electron chi connectivity index (χ4n) is 3.62. The monoisotopic (exact) mass is 366 g/mol. The van der Waals surface area contributed by atoms with Gasteiger partial charge < -0.3 is 9.55 Å². The first kappa shape index (κ1) is 16.4. The summed E-state index contributed by atoms with van der Waals surface area (Å²) in [5.74, 6) is 0.947. The lowest BCUT2D eigenvalue weighted by Gasteiger charge is -2.07. The second-order valence-electron chi connectivity index (χ2n) is 6.87. The zero-order valence-corrected chi connectivity index (χ0v) is 15.4. The van der Waals surface area contributed by atoms with Gasteiger partial charge in [0.15, 0.2) is 11.4 Å². The number of H-pyrrole nitrogens is 1. The lowest BCUT2D eigenvalue weighted by Crippen LogP contribution is -2.04. The molecule has 28 heavy (non-hydrogen) atoms. The first-order valence-electron chi connectivity index (χ1n) is 9.18. The number of pyridine rings is 1. The molecule has 5 nitrogen and oxygen atoms in total. The van der Waals surface area contributed by atoms with Crippen molar-refractivity contribution in [2.75, 3.05) is 0 Å². The van der Waals surface area contributed by atoms with Crippen molar-refractivity contribution >= 4 is 27.9 Å². The van der Waals surface area contributed by atoms with Crippen molar-refractivity contribution in [1.29, 1.82) is 0 Å². The standard InChI is InChI=1S/C23H18N4O/c1-15-26-21-7-4-12-24-23(21)27(15)14-16-8-10-17(11-9-16)22(28)19-13-25-20-6-3-2-5-18(19)20/h2-13,25H,14H2,1H3. The largest absolute Gasteiger partial charge is 0.360 e. The molecule has 0 aliphatic carbocycles. The predicted octanol–water partition coefficient (Wildman–Crippen LogP) is 4.50. The number of benzene rings is 2. The van der Waals surface area contributed by atoms with Crippen LogP contribution in [0.25, 0.3) is 22.1 Å². The molecule has 0 atom stereocenters. The van der Waals surface area contributed by atoms with Crippen molar-refractivity contribution in [3.05, 3.63) is 95.6 Å². The molecule has 5 heteroatoms. The highest BCUT2D eigenvalue weighted by atomic mass is 16.1. The van der Waals surface area contributed by atoms with E-state index in [1.165, 1.54) is 0 Å². The molecule has 1 N–H and O–H groups in total. The van der Waals surface area contributed by atoms with Crippen LogP contribution < -0.4 is 0 Å². The Morgan fingerprint density at radius 2 is 1.86 bits per heavy atom. The Hall–Kier alpha value is -3.73. The summed E-state index contributed by atoms with van der Waals surface area (Å²) in [6.45, 7) is 2.65. The van der Waals surface area contributed by atoms with Gasteiger partial charge in [-0.2, -0.15) is 0 Å². The number of hydrogen-bond acceptors (Lipinski definition) is 3. The molecule has 3 heterocycles. The zero-order valence-electron chi connectivity index (χ0n) is 15.4. The normalized spacial score (nSPS) is 11.3. The number of carbonyl (C=O) groups excluding carboxylic acids is 1. The molecule has 0 fully saturated rings. The third-order valence-corrected chi connectivity index (χ3v) is 5.09. The number of nitrogens with one attached hydrogen (secondary N) is 1. The summed E-state index contributed by atoms with van der Waals surface area (Å²) < 4.78 is 2.09. The van der Waals surface area contributed by atoms with Gasteiger partial charge >= 0.3 is 0 Å². The highest BCUT2D eigenvalue weighted by molar-refractivity contribution is 6.16. The molecule has 3 aromatic heterocycles. The Kier molecular flexibility index (Phi) is 3.79. The summed E-state index contributed by atoms with van der Waals surface area (Å²) >= 11 is 0. The van der Waals surface area contributed by atoms with Gasteiger partial charge in [0.25, 0.3) is 0 Å². The number of ketones is 1. The molecule has 0 aliphatic heterocycles. The first-order valence-corrected chi connectivity index (χ1v) is 9.18. The maximum Gasteiger partial charge on any atom is 0.195 e. The number of rotatable bonds is 4. The van der Waals surface area contributed by atoms with E-state index in [1.54, 1.807) is 12.4 Å². The Labute approximate surface area is 161 Å². The van der Waals surface area contributed by atoms with Crippen LogP contribution in [-0.4, -0.2) is 25.3 Å². The van der Waals surface area contributed by atoms with Crippen LogP contribution in [-0.2, 0) is 6.54 Å². The van der Waals surface area contributed by atoms with E-state index < -0.39 is 0 Å². The number of hydrogen-bond donors (Lipinski definition) is 1. The molecule has 0 saturated carbocycles. The van der Waals surface area contributed by atoms with Crippen LogP contribution in [0.2, 0.25) is 0 Å². The van der Waals surface area contributed by atoms with E-state index in [0.29, 0.717) is 17.7 Å². The fourth-order valence-corrected chi connectivity index (χ4v) is 3.62. The maximum atomic E-state index is 12.9. The Morgan fingerprint density at radius 1 is 1.04 bits per heavy atom. The van der Waals surface area contributed by atoms with E-state index >= 15 is 0 Å². The Morgan fingerprint density at radius 3 is 2.71 bits per heavy atom. The maximum absolute atomic E-state index is 12.9. The van der Waals surface area contributed by atoms with E-state index in [9.17, 15) is 4.79 Å². The molecular formula is C23H18N4O. The fraction of sp³-hybridized carbons (Fsp3) is 0.0870. The minimum atomic E-state index is 0.0231. The first-order chi connectivity index (χ1) is 13.7. The van der Waals surface area contributed by atoms with Gasteiger partial charge in [-0.3, -0.25) is 4.79 Å². The van der Waals surface area contributed by atoms with Gasteiger partial charge in [-0.25, -0.2) is 9.97 Å². The minimum Gasteiger partial charge on any atom is -0.360 e. The molecule has 0 radical (unpaired) electrons. The van der Waals surface area contributed by atoms with Gasteiger partial charge in [-0.15, -0.1) is 0 Å². The van der Waals surface area contributed by atoms with E-state index in [-0.39, 0.29) is 5.78 Å². The number of imidazole rings is 1. The van der Waals surface area contributed by atoms with Crippen LogP contribution >= 0.6 is 0 Å². The summed E-state index contributed by atoms with van der Waals surface area (Å²) in [5, 5.41) is 0.947. The number of aryl methyl sites for hydroxylation is 1. The summed E-state index contributed by atoms with van der Waals surface area (Å²) in [4.78, 5) is 25.1. The predicted molar refractivity (Wildman–Crippen MR) is 110 cm³/mol. The Bertz CT molecular complexity index is 1310. The molecule has 0 unspecified atom stereocenters. The van der Waals surface area contributed by atoms with E-state index in [0.717, 1.165) is 33.5 Å². The number of para-hydroxylation sites is 1. The molecule has 5 aromatic rings. The summed E-state index contributed by atoms with van der Waals surface area (Å²) in [7, 11) is 0. The number of aromatic amines is 1. The van der Waals surface area contributed by atoms with E-state index in [4.69, 9.17) is 0 Å². The molecule has 0 bridgehead atoms. The highest BCUT2D eigenvalue weighted by Crippen LogP contribution is 2.22. The number of nitrogens with zero attached hydrogens (tertiary/aromatic N) is 3. The quantitative estimate of drug-likeness (QED) is 0.476. The molecule has 0 spiro atoms. The average molecular weight is 366 g/mol. The SMILES string of the molecule is Cc1nc2cccnc2n1Cc1ccc(C(=O)c2c[nH]c3ccccc23)cc1. The number of carbonyl (C=O) groups is 1. The van der Waals surface area contributed by atoms with Gasteiger partial charge in [0, 0.05) is 34.4 Å². The van der Waals surface area contributed by atoms with Crippen LogP contribution in [0.15, 0.2) is 73.1 Å². The average Bonchev–Trinajstić information content (AvgIpc) is 3.29. The summed E-state index contributed by atoms with van der Waals surface area (Å²) in [6.07, 6.45) is 3.57. The number of aromatic nitrogens is 4. The third kappa shape index (κ3) is 2.68. The molecular weight excluding hydrogens is 348 g/mol. The molecule has 5 rings (SSSR count). The van der Waals surface area contributed by atoms with Crippen molar-refractivity contribution in [3.63, 3.8) is 0 Å². The molecule has 0 saturated heterocycles. The smallest absolute Gasteiger partial charge is 0.195 e. The minimum absolute atomic E-state index is 0.0231. The van der Waals surface area contributed by atoms with Crippen LogP contribution in [0, 0.1) is 6.92 Å². The van der Waals surface area contributed by atoms with Crippen LogP contribution in [0.1, 0.15) is 27.3 Å². The topological polar surface area (TPSA) is 63.6 Å². The van der Waals surface area contributed by atoms with Crippen molar-refractivity contribution < 1.29 is 4.79 Å². The lowest BCUT2D eigenvalue weighted by molar-refractivity contribution is 0.104. The third-order valence-electron chi connectivity index (χ3n) is 5.09. The summed E-state index contributed by atoms with van der Waals surface area (Å²) in [5.41, 5.74) is 5.22. The van der Waals surface area contributed by atoms with Crippen molar-refractivity contribution in [1.82, 2.24) is 19.5 Å². The van der Waals surface area contributed by atoms with Crippen molar-refractivity contribution in [2.45, 2.75) is 13.5 Å². The zero-order chi connectivity index (χ0) is 19.1. The molecule has 2 aromatic carbocycles. The molecule has 136 valence electrons. The lowest BCUT2D eigenvalue weighted by atomic mass is 10.0. The Balaban J connectivity index is 1.44. The van der Waals surface area contributed by atoms with Crippen LogP contribution in [0.3, 0.4) is 0 Å². The number of fused-ring (bicyclic) bond motifs is 2. The molecule has 0 amide bonds. The van der Waals surface area contributed by atoms with Crippen LogP contribution in [0.4, 0.5) is 0 Å². The van der Waals surface area contributed by atoms with E-state index in [2.05, 4.69) is 19.5 Å². The van der Waals surface area contributed by atoms with Crippen molar-refractivity contribution in [2.24, 2.45) is 0 Å². The van der Waals surface area contributed by atoms with Gasteiger partial charge in [0.2, 0.25) is 0 Å². The van der Waals surface area contributed by atoms with Crippen LogP contribution in [0.5, 0.6) is 0 Å². The summed E-state index contributed by atoms with van der Waals surface area (Å²) in [6, 6.07) is 19.5. The highest BCUT2D eigenvalue weighted by Gasteiger charge is 2.14. The van der Waals surface area contributed by atoms with Gasteiger partial charge in [-0.05, 0) is 30.7 Å². The van der Waals surface area contributed by atoms with Crippen molar-refractivity contribution in [3.8, 4) is 0 Å². The molecule has 0 aliphatic rings. The van der Waals surface area contributed by atoms with Gasteiger partial charge in [-0.1, -0.05) is 42.5 Å². The second kappa shape index (κ2) is 6.46. The second-order valence-corrected chi connectivity index (χ2v) is 6.87. The van der Waals surface area contributed by atoms with Gasteiger partial charge in [0.1, 0.15) is 11.3 Å².